The molecule has 1 aliphatic rings. The maximum absolute atomic E-state index is 5.39. The van der Waals surface area contributed by atoms with Crippen molar-refractivity contribution in [3.63, 3.8) is 0 Å². The van der Waals surface area contributed by atoms with E-state index in [-0.39, 0.29) is 0 Å². The van der Waals surface area contributed by atoms with E-state index in [0.29, 0.717) is 5.41 Å². The lowest BCUT2D eigenvalue weighted by atomic mass is 9.88. The van der Waals surface area contributed by atoms with E-state index in [4.69, 9.17) is 4.74 Å². The summed E-state index contributed by atoms with van der Waals surface area (Å²) in [6, 6.07) is 9.03. The van der Waals surface area contributed by atoms with Gasteiger partial charge >= 0.3 is 0 Å². The molecule has 18 heavy (non-hydrogen) atoms. The fourth-order valence-electron chi connectivity index (χ4n) is 2.47. The summed E-state index contributed by atoms with van der Waals surface area (Å²) in [5.74, 6) is 0. The van der Waals surface area contributed by atoms with Gasteiger partial charge in [-0.2, -0.15) is 0 Å². The lowest BCUT2D eigenvalue weighted by Gasteiger charge is -2.27. The van der Waals surface area contributed by atoms with Crippen molar-refractivity contribution in [2.24, 2.45) is 5.41 Å². The normalized spacial score (nSPS) is 17.9. The van der Waals surface area contributed by atoms with Crippen molar-refractivity contribution < 1.29 is 4.74 Å². The van der Waals surface area contributed by atoms with Crippen molar-refractivity contribution in [3.8, 4) is 0 Å². The predicted octanol–water partition coefficient (Wildman–Crippen LogP) is 3.11. The molecule has 1 aliphatic heterocycles. The predicted molar refractivity (Wildman–Crippen MR) is 75.7 cm³/mol. The second kappa shape index (κ2) is 5.85. The number of morpholine rings is 1. The Morgan fingerprint density at radius 3 is 2.44 bits per heavy atom. The average Bonchev–Trinajstić information content (AvgIpc) is 2.28. The minimum absolute atomic E-state index is 0.359. The van der Waals surface area contributed by atoms with E-state index in [1.807, 2.05) is 0 Å². The van der Waals surface area contributed by atoms with Crippen LogP contribution in [0.25, 0.3) is 0 Å². The van der Waals surface area contributed by atoms with Crippen molar-refractivity contribution >= 4 is 0 Å². The first-order valence-electron chi connectivity index (χ1n) is 6.91. The van der Waals surface area contributed by atoms with Gasteiger partial charge in [-0.05, 0) is 23.0 Å². The summed E-state index contributed by atoms with van der Waals surface area (Å²) in [7, 11) is 0. The number of hydrogen-bond acceptors (Lipinski definition) is 2. The second-order valence-corrected chi connectivity index (χ2v) is 6.45. The molecule has 0 atom stereocenters. The highest BCUT2D eigenvalue weighted by molar-refractivity contribution is 5.24. The highest BCUT2D eigenvalue weighted by Gasteiger charge is 2.13. The van der Waals surface area contributed by atoms with Crippen molar-refractivity contribution in [3.05, 3.63) is 35.4 Å². The van der Waals surface area contributed by atoms with Crippen molar-refractivity contribution in [1.29, 1.82) is 0 Å². The van der Waals surface area contributed by atoms with Crippen LogP contribution in [0.4, 0.5) is 0 Å². The minimum Gasteiger partial charge on any atom is -0.379 e. The molecule has 0 saturated carbocycles. The Labute approximate surface area is 111 Å². The van der Waals surface area contributed by atoms with Crippen LogP contribution in [-0.4, -0.2) is 31.2 Å². The number of rotatable bonds is 3. The summed E-state index contributed by atoms with van der Waals surface area (Å²) in [6.07, 6.45) is 1.14. The lowest BCUT2D eigenvalue weighted by molar-refractivity contribution is 0.0342. The average molecular weight is 247 g/mol. The van der Waals surface area contributed by atoms with Gasteiger partial charge in [-0.25, -0.2) is 0 Å². The summed E-state index contributed by atoms with van der Waals surface area (Å²) in [5, 5.41) is 0. The molecule has 0 unspecified atom stereocenters. The minimum atomic E-state index is 0.359. The van der Waals surface area contributed by atoms with Crippen LogP contribution in [0.3, 0.4) is 0 Å². The Morgan fingerprint density at radius 2 is 1.78 bits per heavy atom. The number of benzene rings is 1. The molecule has 0 N–H and O–H groups in total. The van der Waals surface area contributed by atoms with E-state index in [1.54, 1.807) is 0 Å². The van der Waals surface area contributed by atoms with E-state index in [1.165, 1.54) is 11.1 Å². The van der Waals surface area contributed by atoms with Crippen LogP contribution in [-0.2, 0) is 17.7 Å². The maximum atomic E-state index is 5.39. The van der Waals surface area contributed by atoms with E-state index >= 15 is 0 Å². The smallest absolute Gasteiger partial charge is 0.0594 e. The Kier molecular flexibility index (Phi) is 4.41. The zero-order valence-corrected chi connectivity index (χ0v) is 11.9. The molecule has 2 nitrogen and oxygen atoms in total. The molecule has 1 fully saturated rings. The molecule has 0 bridgehead atoms. The molecule has 1 saturated heterocycles. The van der Waals surface area contributed by atoms with Gasteiger partial charge in [-0.3, -0.25) is 4.90 Å². The summed E-state index contributed by atoms with van der Waals surface area (Å²) in [5.41, 5.74) is 3.24. The van der Waals surface area contributed by atoms with Crippen molar-refractivity contribution in [2.45, 2.75) is 33.7 Å². The van der Waals surface area contributed by atoms with Gasteiger partial charge in [-0.15, -0.1) is 0 Å². The van der Waals surface area contributed by atoms with Crippen LogP contribution in [0.15, 0.2) is 24.3 Å². The van der Waals surface area contributed by atoms with Gasteiger partial charge in [0.25, 0.3) is 0 Å². The van der Waals surface area contributed by atoms with E-state index in [0.717, 1.165) is 39.3 Å². The summed E-state index contributed by atoms with van der Waals surface area (Å²) >= 11 is 0. The third-order valence-corrected chi connectivity index (χ3v) is 3.24. The van der Waals surface area contributed by atoms with Crippen LogP contribution in [0.5, 0.6) is 0 Å². The van der Waals surface area contributed by atoms with Gasteiger partial charge in [0, 0.05) is 19.6 Å². The second-order valence-electron chi connectivity index (χ2n) is 6.45. The monoisotopic (exact) mass is 247 g/mol. The Balaban J connectivity index is 1.98. The van der Waals surface area contributed by atoms with Crippen molar-refractivity contribution in [1.82, 2.24) is 4.90 Å². The zero-order chi connectivity index (χ0) is 13.0. The first-order valence-corrected chi connectivity index (χ1v) is 6.91. The van der Waals surface area contributed by atoms with Crippen LogP contribution in [0, 0.1) is 5.41 Å². The highest BCUT2D eigenvalue weighted by atomic mass is 16.5. The van der Waals surface area contributed by atoms with Gasteiger partial charge in [-0.1, -0.05) is 45.0 Å². The molecule has 2 heteroatoms. The third-order valence-electron chi connectivity index (χ3n) is 3.24. The molecule has 100 valence electrons. The fraction of sp³-hybridized carbons (Fsp3) is 0.625. The van der Waals surface area contributed by atoms with E-state index in [2.05, 4.69) is 49.9 Å². The summed E-state index contributed by atoms with van der Waals surface area (Å²) < 4.78 is 5.39. The SMILES string of the molecule is CC(C)(C)Cc1cccc(CN2CCOCC2)c1. The van der Waals surface area contributed by atoms with Gasteiger partial charge in [0.05, 0.1) is 13.2 Å². The largest absolute Gasteiger partial charge is 0.379 e. The Bertz CT molecular complexity index is 375. The first-order chi connectivity index (χ1) is 8.53. The molecule has 1 aromatic rings. The molecule has 1 aromatic carbocycles. The van der Waals surface area contributed by atoms with E-state index < -0.39 is 0 Å². The number of hydrogen-bond donors (Lipinski definition) is 0. The van der Waals surface area contributed by atoms with Crippen LogP contribution >= 0.6 is 0 Å². The quantitative estimate of drug-likeness (QED) is 0.814. The topological polar surface area (TPSA) is 12.5 Å². The standard InChI is InChI=1S/C16H25NO/c1-16(2,3)12-14-5-4-6-15(11-14)13-17-7-9-18-10-8-17/h4-6,11H,7-10,12-13H2,1-3H3. The molecule has 0 amide bonds. The lowest BCUT2D eigenvalue weighted by Crippen LogP contribution is -2.35. The van der Waals surface area contributed by atoms with Gasteiger partial charge < -0.3 is 4.74 Å². The highest BCUT2D eigenvalue weighted by Crippen LogP contribution is 2.21. The van der Waals surface area contributed by atoms with Crippen LogP contribution in [0.2, 0.25) is 0 Å². The molecule has 0 radical (unpaired) electrons. The molecular formula is C16H25NO. The molecule has 1 heterocycles. The van der Waals surface area contributed by atoms with Gasteiger partial charge in [0.2, 0.25) is 0 Å². The number of ether oxygens (including phenoxy) is 1. The molecule has 2 rings (SSSR count). The summed E-state index contributed by atoms with van der Waals surface area (Å²) in [6.45, 7) is 11.8. The van der Waals surface area contributed by atoms with E-state index in [9.17, 15) is 0 Å². The Morgan fingerprint density at radius 1 is 1.11 bits per heavy atom. The van der Waals surface area contributed by atoms with Gasteiger partial charge in [0.15, 0.2) is 0 Å². The summed E-state index contributed by atoms with van der Waals surface area (Å²) in [4.78, 5) is 2.47. The molecule has 0 aromatic heterocycles. The fourth-order valence-corrected chi connectivity index (χ4v) is 2.47. The molecule has 0 spiro atoms. The van der Waals surface area contributed by atoms with Crippen molar-refractivity contribution in [2.75, 3.05) is 26.3 Å². The maximum Gasteiger partial charge on any atom is 0.0594 e. The number of nitrogens with zero attached hydrogens (tertiary/aromatic N) is 1. The molecule has 0 aliphatic carbocycles. The molecular weight excluding hydrogens is 222 g/mol. The van der Waals surface area contributed by atoms with Gasteiger partial charge in [0.1, 0.15) is 0 Å². The zero-order valence-electron chi connectivity index (χ0n) is 11.9. The van der Waals surface area contributed by atoms with Crippen LogP contribution < -0.4 is 0 Å². The third kappa shape index (κ3) is 4.43. The van der Waals surface area contributed by atoms with Crippen LogP contribution in [0.1, 0.15) is 31.9 Å². The Hall–Kier alpha value is -0.860. The first kappa shape index (κ1) is 13.6.